The van der Waals surface area contributed by atoms with Gasteiger partial charge in [0.2, 0.25) is 0 Å². The Labute approximate surface area is 123 Å². The smallest absolute Gasteiger partial charge is 0.254 e. The van der Waals surface area contributed by atoms with Crippen LogP contribution in [0.5, 0.6) is 0 Å². The maximum Gasteiger partial charge on any atom is 0.254 e. The van der Waals surface area contributed by atoms with Gasteiger partial charge in [-0.3, -0.25) is 14.1 Å². The molecule has 20 heavy (non-hydrogen) atoms. The first-order chi connectivity index (χ1) is 9.43. The zero-order valence-corrected chi connectivity index (χ0v) is 12.9. The van der Waals surface area contributed by atoms with Gasteiger partial charge >= 0.3 is 0 Å². The SMILES string of the molecule is CSN1CCC(C)(NC(=O)c2cc(C)ncc2F)CC1. The van der Waals surface area contributed by atoms with Crippen molar-refractivity contribution in [2.45, 2.75) is 32.2 Å². The van der Waals surface area contributed by atoms with Crippen LogP contribution >= 0.6 is 11.9 Å². The molecule has 0 aliphatic carbocycles. The van der Waals surface area contributed by atoms with Crippen LogP contribution in [0.25, 0.3) is 0 Å². The topological polar surface area (TPSA) is 45.2 Å². The number of nitrogens with zero attached hydrogens (tertiary/aromatic N) is 2. The third kappa shape index (κ3) is 3.49. The molecule has 0 saturated carbocycles. The molecule has 1 saturated heterocycles. The van der Waals surface area contributed by atoms with Gasteiger partial charge in [-0.2, -0.15) is 0 Å². The van der Waals surface area contributed by atoms with Gasteiger partial charge < -0.3 is 5.32 Å². The predicted octanol–water partition coefficient (Wildman–Crippen LogP) is 2.39. The lowest BCUT2D eigenvalue weighted by Crippen LogP contribution is -2.52. The number of hydrogen-bond donors (Lipinski definition) is 1. The second-order valence-corrected chi connectivity index (χ2v) is 6.31. The minimum Gasteiger partial charge on any atom is -0.347 e. The summed E-state index contributed by atoms with van der Waals surface area (Å²) in [6, 6.07) is 1.49. The Morgan fingerprint density at radius 2 is 2.15 bits per heavy atom. The largest absolute Gasteiger partial charge is 0.347 e. The number of aromatic nitrogens is 1. The fourth-order valence-corrected chi connectivity index (χ4v) is 2.89. The molecule has 2 heterocycles. The minimum absolute atomic E-state index is 0.0750. The minimum atomic E-state index is -0.571. The molecular weight excluding hydrogens is 277 g/mol. The van der Waals surface area contributed by atoms with E-state index < -0.39 is 5.82 Å². The summed E-state index contributed by atoms with van der Waals surface area (Å²) in [5, 5.41) is 2.98. The second kappa shape index (κ2) is 6.10. The lowest BCUT2D eigenvalue weighted by atomic mass is 9.90. The summed E-state index contributed by atoms with van der Waals surface area (Å²) in [5.74, 6) is -0.925. The number of carbonyl (C=O) groups is 1. The van der Waals surface area contributed by atoms with E-state index in [9.17, 15) is 9.18 Å². The Balaban J connectivity index is 2.06. The van der Waals surface area contributed by atoms with Crippen LogP contribution in [-0.4, -0.2) is 40.1 Å². The molecule has 1 amide bonds. The van der Waals surface area contributed by atoms with Crippen molar-refractivity contribution in [3.8, 4) is 0 Å². The number of hydrogen-bond acceptors (Lipinski definition) is 4. The molecule has 0 radical (unpaired) electrons. The van der Waals surface area contributed by atoms with E-state index in [4.69, 9.17) is 0 Å². The number of pyridine rings is 1. The molecule has 1 fully saturated rings. The average molecular weight is 297 g/mol. The fraction of sp³-hybridized carbons (Fsp3) is 0.571. The molecule has 6 heteroatoms. The fourth-order valence-electron chi connectivity index (χ4n) is 2.35. The highest BCUT2D eigenvalue weighted by molar-refractivity contribution is 7.96. The van der Waals surface area contributed by atoms with E-state index in [-0.39, 0.29) is 17.0 Å². The Bertz CT molecular complexity index is 501. The number of aryl methyl sites for hydroxylation is 1. The lowest BCUT2D eigenvalue weighted by Gasteiger charge is -2.39. The van der Waals surface area contributed by atoms with Crippen molar-refractivity contribution < 1.29 is 9.18 Å². The maximum absolute atomic E-state index is 13.7. The predicted molar refractivity (Wildman–Crippen MR) is 79.1 cm³/mol. The van der Waals surface area contributed by atoms with Gasteiger partial charge in [0.25, 0.3) is 5.91 Å². The molecule has 1 aliphatic heterocycles. The van der Waals surface area contributed by atoms with Crippen molar-refractivity contribution in [2.75, 3.05) is 19.3 Å². The molecule has 110 valence electrons. The first kappa shape index (κ1) is 15.3. The first-order valence-corrected chi connectivity index (χ1v) is 7.85. The Hall–Kier alpha value is -1.14. The zero-order valence-electron chi connectivity index (χ0n) is 12.1. The van der Waals surface area contributed by atoms with Gasteiger partial charge in [0, 0.05) is 24.3 Å². The maximum atomic E-state index is 13.7. The lowest BCUT2D eigenvalue weighted by molar-refractivity contribution is 0.0869. The Kier molecular flexibility index (Phi) is 4.65. The van der Waals surface area contributed by atoms with Gasteiger partial charge in [-0.15, -0.1) is 0 Å². The third-order valence-electron chi connectivity index (χ3n) is 3.74. The van der Waals surface area contributed by atoms with Crippen LogP contribution in [-0.2, 0) is 0 Å². The monoisotopic (exact) mass is 297 g/mol. The summed E-state index contributed by atoms with van der Waals surface area (Å²) in [4.78, 5) is 16.1. The van der Waals surface area contributed by atoms with Crippen LogP contribution in [0.2, 0.25) is 0 Å². The molecule has 0 unspecified atom stereocenters. The number of nitrogens with one attached hydrogen (secondary N) is 1. The van der Waals surface area contributed by atoms with Crippen LogP contribution in [0.4, 0.5) is 4.39 Å². The summed E-state index contributed by atoms with van der Waals surface area (Å²) in [5.41, 5.74) is 0.442. The summed E-state index contributed by atoms with van der Waals surface area (Å²) in [7, 11) is 0. The molecule has 0 spiro atoms. The molecule has 0 bridgehead atoms. The van der Waals surface area contributed by atoms with Gasteiger partial charge in [-0.25, -0.2) is 4.39 Å². The van der Waals surface area contributed by atoms with Gasteiger partial charge in [0.1, 0.15) is 0 Å². The van der Waals surface area contributed by atoms with E-state index in [1.54, 1.807) is 18.9 Å². The van der Waals surface area contributed by atoms with E-state index >= 15 is 0 Å². The van der Waals surface area contributed by atoms with E-state index in [0.717, 1.165) is 32.1 Å². The quantitative estimate of drug-likeness (QED) is 0.870. The summed E-state index contributed by atoms with van der Waals surface area (Å²) >= 11 is 1.72. The second-order valence-electron chi connectivity index (χ2n) is 5.43. The zero-order chi connectivity index (χ0) is 14.8. The van der Waals surface area contributed by atoms with Gasteiger partial charge in [0.15, 0.2) is 5.82 Å². The van der Waals surface area contributed by atoms with Gasteiger partial charge in [0.05, 0.1) is 11.8 Å². The van der Waals surface area contributed by atoms with Crippen molar-refractivity contribution in [1.29, 1.82) is 0 Å². The summed E-state index contributed by atoms with van der Waals surface area (Å²) in [6.45, 7) is 5.62. The van der Waals surface area contributed by atoms with Crippen molar-refractivity contribution in [1.82, 2.24) is 14.6 Å². The van der Waals surface area contributed by atoms with E-state index in [1.807, 2.05) is 6.92 Å². The molecular formula is C14H20FN3OS. The normalized spacial score (nSPS) is 18.8. The summed E-state index contributed by atoms with van der Waals surface area (Å²) < 4.78 is 15.9. The van der Waals surface area contributed by atoms with Crippen molar-refractivity contribution in [3.63, 3.8) is 0 Å². The van der Waals surface area contributed by atoms with Crippen molar-refractivity contribution >= 4 is 17.9 Å². The highest BCUT2D eigenvalue weighted by Gasteiger charge is 2.32. The number of amides is 1. The van der Waals surface area contributed by atoms with Crippen LogP contribution in [0.3, 0.4) is 0 Å². The highest BCUT2D eigenvalue weighted by atomic mass is 32.2. The number of piperidine rings is 1. The molecule has 4 nitrogen and oxygen atoms in total. The van der Waals surface area contributed by atoms with E-state index in [0.29, 0.717) is 5.69 Å². The first-order valence-electron chi connectivity index (χ1n) is 6.67. The molecule has 2 rings (SSSR count). The molecule has 1 aliphatic rings. The van der Waals surface area contributed by atoms with Crippen molar-refractivity contribution in [3.05, 3.63) is 29.3 Å². The van der Waals surface area contributed by atoms with Gasteiger partial charge in [-0.1, -0.05) is 11.9 Å². The molecule has 1 aromatic rings. The Morgan fingerprint density at radius 1 is 1.50 bits per heavy atom. The number of halogens is 1. The summed E-state index contributed by atoms with van der Waals surface area (Å²) in [6.07, 6.45) is 4.88. The highest BCUT2D eigenvalue weighted by Crippen LogP contribution is 2.25. The van der Waals surface area contributed by atoms with E-state index in [1.165, 1.54) is 6.07 Å². The standard InChI is InChI=1S/C14H20FN3OS/c1-10-8-11(12(15)9-16-10)13(19)17-14(2)4-6-18(20-3)7-5-14/h8-9H,4-7H2,1-3H3,(H,17,19). The van der Waals surface area contributed by atoms with Crippen LogP contribution in [0.1, 0.15) is 35.8 Å². The van der Waals surface area contributed by atoms with Crippen LogP contribution in [0, 0.1) is 12.7 Å². The van der Waals surface area contributed by atoms with E-state index in [2.05, 4.69) is 20.9 Å². The number of carbonyl (C=O) groups excluding carboxylic acids is 1. The average Bonchev–Trinajstić information content (AvgIpc) is 2.42. The molecule has 0 atom stereocenters. The third-order valence-corrected chi connectivity index (χ3v) is 4.62. The van der Waals surface area contributed by atoms with Crippen LogP contribution < -0.4 is 5.32 Å². The molecule has 1 aromatic heterocycles. The molecule has 0 aromatic carbocycles. The molecule has 1 N–H and O–H groups in total. The van der Waals surface area contributed by atoms with Gasteiger partial charge in [-0.05, 0) is 39.0 Å². The van der Waals surface area contributed by atoms with Crippen molar-refractivity contribution in [2.24, 2.45) is 0 Å². The number of rotatable bonds is 3. The van der Waals surface area contributed by atoms with Crippen LogP contribution in [0.15, 0.2) is 12.3 Å². The Morgan fingerprint density at radius 3 is 2.75 bits per heavy atom.